The van der Waals surface area contributed by atoms with Crippen molar-refractivity contribution in [2.75, 3.05) is 0 Å². The highest BCUT2D eigenvalue weighted by Gasteiger charge is 2.31. The van der Waals surface area contributed by atoms with Crippen LogP contribution >= 0.6 is 0 Å². The van der Waals surface area contributed by atoms with Crippen molar-refractivity contribution in [2.24, 2.45) is 0 Å². The predicted octanol–water partition coefficient (Wildman–Crippen LogP) is 4.40. The number of benzene rings is 2. The molecule has 0 spiro atoms. The molecule has 0 radical (unpaired) electrons. The first-order chi connectivity index (χ1) is 14.1. The third-order valence-electron chi connectivity index (χ3n) is 5.71. The first-order valence-corrected chi connectivity index (χ1v) is 10.8. The van der Waals surface area contributed by atoms with E-state index in [1.54, 1.807) is 4.90 Å². The molecule has 0 aliphatic heterocycles. The molecule has 0 saturated heterocycles. The van der Waals surface area contributed by atoms with E-state index in [1.807, 2.05) is 62.4 Å². The van der Waals surface area contributed by atoms with Crippen molar-refractivity contribution in [1.29, 1.82) is 0 Å². The number of carbonyl (C=O) groups is 2. The van der Waals surface area contributed by atoms with Gasteiger partial charge in [-0.1, -0.05) is 79.9 Å². The van der Waals surface area contributed by atoms with Crippen LogP contribution in [0.15, 0.2) is 54.6 Å². The number of hydrogen-bond donors (Lipinski definition) is 1. The quantitative estimate of drug-likeness (QED) is 0.724. The Morgan fingerprint density at radius 2 is 1.72 bits per heavy atom. The van der Waals surface area contributed by atoms with Crippen molar-refractivity contribution < 1.29 is 9.59 Å². The SMILES string of the molecule is CCC(=O)N(Cc1cccc(C)c1)[C@@H](Cc1ccccc1)C(=O)NC1CCCC1. The molecule has 1 saturated carbocycles. The normalized spacial score (nSPS) is 15.1. The van der Waals surface area contributed by atoms with Gasteiger partial charge in [-0.3, -0.25) is 9.59 Å². The molecule has 0 aromatic heterocycles. The fraction of sp³-hybridized carbons (Fsp3) is 0.440. The third-order valence-corrected chi connectivity index (χ3v) is 5.71. The number of amides is 2. The molecule has 1 N–H and O–H groups in total. The second kappa shape index (κ2) is 10.2. The zero-order valence-corrected chi connectivity index (χ0v) is 17.6. The van der Waals surface area contributed by atoms with Crippen molar-refractivity contribution in [3.05, 3.63) is 71.3 Å². The Bertz CT molecular complexity index is 813. The van der Waals surface area contributed by atoms with Gasteiger partial charge in [0.1, 0.15) is 6.04 Å². The Hall–Kier alpha value is -2.62. The number of carbonyl (C=O) groups excluding carboxylic acids is 2. The highest BCUT2D eigenvalue weighted by atomic mass is 16.2. The summed E-state index contributed by atoms with van der Waals surface area (Å²) in [4.78, 5) is 28.0. The van der Waals surface area contributed by atoms with Gasteiger partial charge in [0, 0.05) is 25.4 Å². The maximum atomic E-state index is 13.3. The van der Waals surface area contributed by atoms with E-state index in [-0.39, 0.29) is 17.9 Å². The van der Waals surface area contributed by atoms with Gasteiger partial charge < -0.3 is 10.2 Å². The molecule has 0 heterocycles. The highest BCUT2D eigenvalue weighted by molar-refractivity contribution is 5.88. The van der Waals surface area contributed by atoms with Crippen LogP contribution in [0.5, 0.6) is 0 Å². The van der Waals surface area contributed by atoms with Gasteiger partial charge in [0.05, 0.1) is 0 Å². The van der Waals surface area contributed by atoms with E-state index < -0.39 is 6.04 Å². The number of aryl methyl sites for hydroxylation is 1. The topological polar surface area (TPSA) is 49.4 Å². The molecule has 154 valence electrons. The van der Waals surface area contributed by atoms with Gasteiger partial charge in [-0.05, 0) is 30.9 Å². The summed E-state index contributed by atoms with van der Waals surface area (Å²) in [5.41, 5.74) is 3.28. The lowest BCUT2D eigenvalue weighted by Gasteiger charge is -2.32. The molecule has 2 aromatic carbocycles. The number of rotatable bonds is 8. The number of nitrogens with one attached hydrogen (secondary N) is 1. The summed E-state index contributed by atoms with van der Waals surface area (Å²) in [6.45, 7) is 4.35. The van der Waals surface area contributed by atoms with Gasteiger partial charge in [0.25, 0.3) is 0 Å². The molecule has 1 aliphatic carbocycles. The maximum absolute atomic E-state index is 13.3. The first kappa shape index (κ1) is 21.1. The Morgan fingerprint density at radius 1 is 1.03 bits per heavy atom. The molecule has 1 fully saturated rings. The van der Waals surface area contributed by atoms with Crippen LogP contribution in [-0.4, -0.2) is 28.8 Å². The van der Waals surface area contributed by atoms with E-state index in [1.165, 1.54) is 0 Å². The molecule has 4 heteroatoms. The van der Waals surface area contributed by atoms with E-state index in [2.05, 4.69) is 11.4 Å². The van der Waals surface area contributed by atoms with Gasteiger partial charge >= 0.3 is 0 Å². The average molecular weight is 393 g/mol. The Kier molecular flexibility index (Phi) is 7.45. The minimum absolute atomic E-state index is 0.00834. The molecular weight excluding hydrogens is 360 g/mol. The molecule has 3 rings (SSSR count). The average Bonchev–Trinajstić information content (AvgIpc) is 3.24. The molecule has 0 unspecified atom stereocenters. The summed E-state index contributed by atoms with van der Waals surface area (Å²) in [6, 6.07) is 17.9. The van der Waals surface area contributed by atoms with Crippen LogP contribution in [0.2, 0.25) is 0 Å². The van der Waals surface area contributed by atoms with Crippen LogP contribution in [0, 0.1) is 6.92 Å². The summed E-state index contributed by atoms with van der Waals surface area (Å²) in [7, 11) is 0. The van der Waals surface area contributed by atoms with E-state index in [9.17, 15) is 9.59 Å². The monoisotopic (exact) mass is 392 g/mol. The Balaban J connectivity index is 1.87. The zero-order chi connectivity index (χ0) is 20.6. The van der Waals surface area contributed by atoms with Gasteiger partial charge in [0.15, 0.2) is 0 Å². The molecule has 29 heavy (non-hydrogen) atoms. The van der Waals surface area contributed by atoms with Crippen LogP contribution < -0.4 is 5.32 Å². The summed E-state index contributed by atoms with van der Waals surface area (Å²) in [5, 5.41) is 3.22. The van der Waals surface area contributed by atoms with Crippen molar-refractivity contribution in [1.82, 2.24) is 10.2 Å². The third kappa shape index (κ3) is 5.93. The maximum Gasteiger partial charge on any atom is 0.243 e. The summed E-state index contributed by atoms with van der Waals surface area (Å²) in [6.07, 6.45) is 5.29. The lowest BCUT2D eigenvalue weighted by molar-refractivity contribution is -0.141. The van der Waals surface area contributed by atoms with Crippen LogP contribution in [0.4, 0.5) is 0 Å². The number of hydrogen-bond acceptors (Lipinski definition) is 2. The van der Waals surface area contributed by atoms with Crippen molar-refractivity contribution in [3.63, 3.8) is 0 Å². The summed E-state index contributed by atoms with van der Waals surface area (Å²) < 4.78 is 0. The van der Waals surface area contributed by atoms with Crippen molar-refractivity contribution >= 4 is 11.8 Å². The zero-order valence-electron chi connectivity index (χ0n) is 17.6. The molecule has 1 aliphatic rings. The molecular formula is C25H32N2O2. The molecule has 2 amide bonds. The Labute approximate surface area is 174 Å². The second-order valence-corrected chi connectivity index (χ2v) is 8.06. The fourth-order valence-electron chi connectivity index (χ4n) is 4.13. The minimum Gasteiger partial charge on any atom is -0.352 e. The van der Waals surface area contributed by atoms with Gasteiger partial charge in [-0.15, -0.1) is 0 Å². The first-order valence-electron chi connectivity index (χ1n) is 10.8. The fourth-order valence-corrected chi connectivity index (χ4v) is 4.13. The van der Waals surface area contributed by atoms with E-state index >= 15 is 0 Å². The highest BCUT2D eigenvalue weighted by Crippen LogP contribution is 2.20. The lowest BCUT2D eigenvalue weighted by atomic mass is 10.0. The van der Waals surface area contributed by atoms with Crippen LogP contribution in [0.3, 0.4) is 0 Å². The van der Waals surface area contributed by atoms with Crippen LogP contribution in [-0.2, 0) is 22.6 Å². The predicted molar refractivity (Wildman–Crippen MR) is 116 cm³/mol. The van der Waals surface area contributed by atoms with E-state index in [4.69, 9.17) is 0 Å². The summed E-state index contributed by atoms with van der Waals surface area (Å²) >= 11 is 0. The van der Waals surface area contributed by atoms with Gasteiger partial charge in [0.2, 0.25) is 11.8 Å². The van der Waals surface area contributed by atoms with E-state index in [0.29, 0.717) is 19.4 Å². The number of nitrogens with zero attached hydrogens (tertiary/aromatic N) is 1. The van der Waals surface area contributed by atoms with Gasteiger partial charge in [-0.2, -0.15) is 0 Å². The van der Waals surface area contributed by atoms with Crippen molar-refractivity contribution in [3.8, 4) is 0 Å². The van der Waals surface area contributed by atoms with Crippen LogP contribution in [0.25, 0.3) is 0 Å². The largest absolute Gasteiger partial charge is 0.352 e. The lowest BCUT2D eigenvalue weighted by Crippen LogP contribution is -2.52. The Morgan fingerprint density at radius 3 is 2.38 bits per heavy atom. The smallest absolute Gasteiger partial charge is 0.243 e. The standard InChI is InChI=1S/C25H32N2O2/c1-3-24(28)27(18-21-13-9-10-19(2)16-21)23(17-20-11-5-4-6-12-20)25(29)26-22-14-7-8-15-22/h4-6,9-13,16,22-23H,3,7-8,14-15,17-18H2,1-2H3,(H,26,29)/t23-/m0/s1. The minimum atomic E-state index is -0.508. The molecule has 4 nitrogen and oxygen atoms in total. The summed E-state index contributed by atoms with van der Waals surface area (Å²) in [5.74, 6) is -0.0239. The molecule has 0 bridgehead atoms. The van der Waals surface area contributed by atoms with E-state index in [0.717, 1.165) is 42.4 Å². The second-order valence-electron chi connectivity index (χ2n) is 8.06. The van der Waals surface area contributed by atoms with Crippen molar-refractivity contribution in [2.45, 2.75) is 71.0 Å². The molecule has 2 aromatic rings. The molecule has 1 atom stereocenters. The van der Waals surface area contributed by atoms with Crippen LogP contribution in [0.1, 0.15) is 55.7 Å². The van der Waals surface area contributed by atoms with Gasteiger partial charge in [-0.25, -0.2) is 0 Å².